The maximum atomic E-state index is 11.7. The standard InChI is InChI=1S/C13H18N2O3S/c1-13(2,11(16)17)8-14-12(18)15-9-5-4-6-10(7-9)19-3/h4-7H,8H2,1-3H3,(H,16,17)(H2,14,15,18). The van der Waals surface area contributed by atoms with Crippen LogP contribution in [0.2, 0.25) is 0 Å². The van der Waals surface area contributed by atoms with Crippen molar-refractivity contribution in [2.24, 2.45) is 5.41 Å². The van der Waals surface area contributed by atoms with E-state index in [1.807, 2.05) is 24.5 Å². The second-order valence-corrected chi connectivity index (χ2v) is 5.61. The van der Waals surface area contributed by atoms with Gasteiger partial charge < -0.3 is 15.7 Å². The molecule has 5 nitrogen and oxygen atoms in total. The topological polar surface area (TPSA) is 78.4 Å². The molecule has 1 aromatic carbocycles. The molecule has 1 aromatic rings. The molecule has 0 saturated heterocycles. The van der Waals surface area contributed by atoms with Crippen LogP contribution in [0.4, 0.5) is 10.5 Å². The van der Waals surface area contributed by atoms with Gasteiger partial charge in [0.1, 0.15) is 0 Å². The van der Waals surface area contributed by atoms with E-state index in [1.54, 1.807) is 31.7 Å². The number of thioether (sulfide) groups is 1. The molecule has 0 fully saturated rings. The van der Waals surface area contributed by atoms with E-state index in [9.17, 15) is 9.59 Å². The molecule has 0 aliphatic rings. The summed E-state index contributed by atoms with van der Waals surface area (Å²) in [6, 6.07) is 7.02. The number of carbonyl (C=O) groups excluding carboxylic acids is 1. The Balaban J connectivity index is 2.54. The molecule has 19 heavy (non-hydrogen) atoms. The molecule has 0 aliphatic heterocycles. The van der Waals surface area contributed by atoms with E-state index in [-0.39, 0.29) is 6.54 Å². The minimum absolute atomic E-state index is 0.0659. The molecule has 0 aromatic heterocycles. The fourth-order valence-corrected chi connectivity index (χ4v) is 1.71. The smallest absolute Gasteiger partial charge is 0.319 e. The number of anilines is 1. The van der Waals surface area contributed by atoms with E-state index in [0.717, 1.165) is 4.90 Å². The first-order valence-corrected chi connectivity index (χ1v) is 7.00. The normalized spacial score (nSPS) is 10.9. The number of urea groups is 1. The van der Waals surface area contributed by atoms with Gasteiger partial charge in [0, 0.05) is 17.1 Å². The number of carboxylic acids is 1. The lowest BCUT2D eigenvalue weighted by Crippen LogP contribution is -2.40. The third-order valence-corrected chi connectivity index (χ3v) is 3.32. The molecule has 0 radical (unpaired) electrons. The highest BCUT2D eigenvalue weighted by Gasteiger charge is 2.27. The van der Waals surface area contributed by atoms with Crippen molar-refractivity contribution in [1.82, 2.24) is 5.32 Å². The minimum Gasteiger partial charge on any atom is -0.481 e. The molecule has 0 saturated carbocycles. The van der Waals surface area contributed by atoms with E-state index in [0.29, 0.717) is 5.69 Å². The summed E-state index contributed by atoms with van der Waals surface area (Å²) in [5.41, 5.74) is -0.309. The van der Waals surface area contributed by atoms with Gasteiger partial charge in [-0.25, -0.2) is 4.79 Å². The molecule has 0 atom stereocenters. The summed E-state index contributed by atoms with van der Waals surface area (Å²) in [5, 5.41) is 14.2. The van der Waals surface area contributed by atoms with Crippen molar-refractivity contribution in [1.29, 1.82) is 0 Å². The summed E-state index contributed by atoms with van der Waals surface area (Å²) >= 11 is 1.58. The summed E-state index contributed by atoms with van der Waals surface area (Å²) < 4.78 is 0. The third-order valence-electron chi connectivity index (χ3n) is 2.60. The molecule has 0 aliphatic carbocycles. The highest BCUT2D eigenvalue weighted by atomic mass is 32.2. The van der Waals surface area contributed by atoms with Gasteiger partial charge in [0.25, 0.3) is 0 Å². The molecule has 0 spiro atoms. The van der Waals surface area contributed by atoms with Crippen molar-refractivity contribution in [3.8, 4) is 0 Å². The Morgan fingerprint density at radius 2 is 2.05 bits per heavy atom. The van der Waals surface area contributed by atoms with E-state index >= 15 is 0 Å². The Kier molecular flexibility index (Phi) is 5.23. The van der Waals surface area contributed by atoms with Gasteiger partial charge in [0.2, 0.25) is 0 Å². The van der Waals surface area contributed by atoms with Crippen LogP contribution in [0.25, 0.3) is 0 Å². The molecule has 0 unspecified atom stereocenters. The lowest BCUT2D eigenvalue weighted by Gasteiger charge is -2.19. The van der Waals surface area contributed by atoms with Gasteiger partial charge in [0.15, 0.2) is 0 Å². The van der Waals surface area contributed by atoms with Crippen LogP contribution in [0.5, 0.6) is 0 Å². The molecule has 0 heterocycles. The molecule has 104 valence electrons. The maximum absolute atomic E-state index is 11.7. The molecule has 2 amide bonds. The summed E-state index contributed by atoms with van der Waals surface area (Å²) in [4.78, 5) is 23.6. The summed E-state index contributed by atoms with van der Waals surface area (Å²) in [5.74, 6) is -0.947. The van der Waals surface area contributed by atoms with Crippen LogP contribution >= 0.6 is 11.8 Å². The Hall–Kier alpha value is -1.69. The summed E-state index contributed by atoms with van der Waals surface area (Å²) in [7, 11) is 0. The largest absolute Gasteiger partial charge is 0.481 e. The molecular weight excluding hydrogens is 264 g/mol. The molecule has 3 N–H and O–H groups in total. The minimum atomic E-state index is -0.988. The molecular formula is C13H18N2O3S. The maximum Gasteiger partial charge on any atom is 0.319 e. The Labute approximate surface area is 116 Å². The van der Waals surface area contributed by atoms with Crippen LogP contribution in [-0.2, 0) is 4.79 Å². The number of carboxylic acid groups (broad SMARTS) is 1. The van der Waals surface area contributed by atoms with Gasteiger partial charge >= 0.3 is 12.0 Å². The summed E-state index contributed by atoms with van der Waals surface area (Å²) in [6.45, 7) is 3.18. The van der Waals surface area contributed by atoms with Crippen LogP contribution in [0.15, 0.2) is 29.2 Å². The number of rotatable bonds is 5. The van der Waals surface area contributed by atoms with Gasteiger partial charge in [-0.15, -0.1) is 11.8 Å². The number of carbonyl (C=O) groups is 2. The lowest BCUT2D eigenvalue weighted by molar-refractivity contribution is -0.146. The molecule has 6 heteroatoms. The van der Waals surface area contributed by atoms with E-state index < -0.39 is 17.4 Å². The van der Waals surface area contributed by atoms with E-state index in [1.165, 1.54) is 0 Å². The highest BCUT2D eigenvalue weighted by Crippen LogP contribution is 2.19. The predicted molar refractivity (Wildman–Crippen MR) is 76.7 cm³/mol. The van der Waals surface area contributed by atoms with Crippen LogP contribution < -0.4 is 10.6 Å². The number of aliphatic carboxylic acids is 1. The monoisotopic (exact) mass is 282 g/mol. The van der Waals surface area contributed by atoms with E-state index in [4.69, 9.17) is 5.11 Å². The van der Waals surface area contributed by atoms with Crippen molar-refractivity contribution < 1.29 is 14.7 Å². The Bertz CT molecular complexity index is 475. The predicted octanol–water partition coefficient (Wildman–Crippen LogP) is 2.64. The quantitative estimate of drug-likeness (QED) is 0.725. The first kappa shape index (κ1) is 15.4. The fourth-order valence-electron chi connectivity index (χ4n) is 1.25. The van der Waals surface area contributed by atoms with Gasteiger partial charge in [-0.05, 0) is 38.3 Å². The number of amides is 2. The van der Waals surface area contributed by atoms with Crippen molar-refractivity contribution in [3.63, 3.8) is 0 Å². The fraction of sp³-hybridized carbons (Fsp3) is 0.385. The van der Waals surface area contributed by atoms with Crippen molar-refractivity contribution in [3.05, 3.63) is 24.3 Å². The lowest BCUT2D eigenvalue weighted by atomic mass is 9.94. The van der Waals surface area contributed by atoms with Gasteiger partial charge in [-0.1, -0.05) is 6.07 Å². The molecule has 1 rings (SSSR count). The number of nitrogens with one attached hydrogen (secondary N) is 2. The van der Waals surface area contributed by atoms with Crippen LogP contribution in [-0.4, -0.2) is 29.9 Å². The SMILES string of the molecule is CSc1cccc(NC(=O)NCC(C)(C)C(=O)O)c1. The van der Waals surface area contributed by atoms with Crippen molar-refractivity contribution >= 4 is 29.4 Å². The number of benzene rings is 1. The Morgan fingerprint density at radius 1 is 1.37 bits per heavy atom. The van der Waals surface area contributed by atoms with Gasteiger partial charge in [-0.2, -0.15) is 0 Å². The molecule has 0 bridgehead atoms. The van der Waals surface area contributed by atoms with Crippen LogP contribution in [0, 0.1) is 5.41 Å². The zero-order valence-electron chi connectivity index (χ0n) is 11.2. The zero-order valence-corrected chi connectivity index (χ0v) is 12.0. The average Bonchev–Trinajstić information content (AvgIpc) is 2.36. The second kappa shape index (κ2) is 6.47. The third kappa shape index (κ3) is 4.82. The van der Waals surface area contributed by atoms with Crippen LogP contribution in [0.1, 0.15) is 13.8 Å². The first-order chi connectivity index (χ1) is 8.85. The van der Waals surface area contributed by atoms with Crippen LogP contribution in [0.3, 0.4) is 0 Å². The number of hydrogen-bond donors (Lipinski definition) is 3. The van der Waals surface area contributed by atoms with Crippen molar-refractivity contribution in [2.45, 2.75) is 18.7 Å². The van der Waals surface area contributed by atoms with Crippen molar-refractivity contribution in [2.75, 3.05) is 18.1 Å². The average molecular weight is 282 g/mol. The first-order valence-electron chi connectivity index (χ1n) is 5.77. The number of hydrogen-bond acceptors (Lipinski definition) is 3. The van der Waals surface area contributed by atoms with Gasteiger partial charge in [0.05, 0.1) is 5.41 Å². The van der Waals surface area contributed by atoms with Gasteiger partial charge in [-0.3, -0.25) is 4.79 Å². The second-order valence-electron chi connectivity index (χ2n) is 4.73. The Morgan fingerprint density at radius 3 is 2.63 bits per heavy atom. The highest BCUT2D eigenvalue weighted by molar-refractivity contribution is 7.98. The summed E-state index contributed by atoms with van der Waals surface area (Å²) in [6.07, 6.45) is 1.95. The van der Waals surface area contributed by atoms with E-state index in [2.05, 4.69) is 10.6 Å². The zero-order chi connectivity index (χ0) is 14.5.